The summed E-state index contributed by atoms with van der Waals surface area (Å²) in [5, 5.41) is 0. The third-order valence-corrected chi connectivity index (χ3v) is 33.0. The Labute approximate surface area is 197 Å². The molecule has 164 valence electrons. The summed E-state index contributed by atoms with van der Waals surface area (Å²) in [5.41, 5.74) is 0. The third-order valence-electron chi connectivity index (χ3n) is 8.00. The molecule has 0 N–H and O–H groups in total. The van der Waals surface area contributed by atoms with Crippen molar-refractivity contribution in [2.75, 3.05) is 0 Å². The Balaban J connectivity index is -0.000000411. The first-order valence-electron chi connectivity index (χ1n) is 11.5. The van der Waals surface area contributed by atoms with Crippen molar-refractivity contribution in [3.05, 3.63) is 0 Å². The van der Waals surface area contributed by atoms with Crippen LogP contribution < -0.4 is 0 Å². The van der Waals surface area contributed by atoms with E-state index in [4.69, 9.17) is 0 Å². The molecule has 0 saturated carbocycles. The molecule has 0 aromatic heterocycles. The van der Waals surface area contributed by atoms with E-state index in [1.807, 2.05) is 0 Å². The van der Waals surface area contributed by atoms with E-state index in [0.717, 1.165) is 33.8 Å². The van der Waals surface area contributed by atoms with Gasteiger partial charge in [0.25, 0.3) is 0 Å². The minimum Gasteiger partial charge on any atom is 4.00 e. The van der Waals surface area contributed by atoms with Gasteiger partial charge in [-0.25, -0.2) is 0 Å². The zero-order valence-electron chi connectivity index (χ0n) is 22.1. The van der Waals surface area contributed by atoms with Gasteiger partial charge in [0, 0.05) is 0 Å². The maximum atomic E-state index is 2.46. The normalized spacial score (nSPS) is 14.5. The van der Waals surface area contributed by atoms with E-state index < -0.39 is 33.2 Å². The molecule has 0 spiro atoms. The smallest absolute Gasteiger partial charge is 4.00 e. The van der Waals surface area contributed by atoms with E-state index >= 15 is 0 Å². The zero-order valence-corrected chi connectivity index (χ0v) is 26.8. The summed E-state index contributed by atoms with van der Waals surface area (Å²) in [7, 11) is 0. The van der Waals surface area contributed by atoms with Gasteiger partial charge in [-0.3, -0.25) is 0 Å². The van der Waals surface area contributed by atoms with Crippen molar-refractivity contribution >= 4 is 0 Å². The van der Waals surface area contributed by atoms with Crippen molar-refractivity contribution in [2.45, 2.75) is 145 Å². The van der Waals surface area contributed by atoms with Gasteiger partial charge in [-0.15, -0.1) is 0 Å². The standard InChI is InChI=1S/8C3H7.3Ti/c8*1-3-2;;;/h8*3H,1-2H3;;;/q;;;;;;;;2*-2;+4. The average Bonchev–Trinajstić information content (AvgIpc) is 2.35. The Hall–Kier alpha value is 2.14. The first-order valence-corrected chi connectivity index (χ1v) is 18.8. The summed E-state index contributed by atoms with van der Waals surface area (Å²) < 4.78 is 7.67. The topological polar surface area (TPSA) is 0 Å². The van der Waals surface area contributed by atoms with Crippen LogP contribution in [-0.4, -0.2) is 0 Å². The molecule has 27 heavy (non-hydrogen) atoms. The Morgan fingerprint density at radius 3 is 0.333 bits per heavy atom. The molecule has 0 aliphatic heterocycles. The van der Waals surface area contributed by atoms with Crippen LogP contribution in [0.2, 0.25) is 33.8 Å². The van der Waals surface area contributed by atoms with Gasteiger partial charge in [0.1, 0.15) is 0 Å². The van der Waals surface area contributed by atoms with Gasteiger partial charge in [0.05, 0.1) is 0 Å². The van der Waals surface area contributed by atoms with Gasteiger partial charge in [0.2, 0.25) is 0 Å². The Morgan fingerprint density at radius 2 is 0.333 bits per heavy atom. The van der Waals surface area contributed by atoms with Crippen molar-refractivity contribution in [1.82, 2.24) is 0 Å². The fourth-order valence-electron chi connectivity index (χ4n) is 8.00. The van der Waals surface area contributed by atoms with Crippen LogP contribution in [0.5, 0.6) is 0 Å². The minimum atomic E-state index is -1.67. The summed E-state index contributed by atoms with van der Waals surface area (Å²) in [6.45, 7) is 39.3. The predicted molar refractivity (Wildman–Crippen MR) is 121 cm³/mol. The molecule has 0 aliphatic carbocycles. The Kier molecular flexibility index (Phi) is 17.8. The largest absolute Gasteiger partial charge is 4.00 e. The molecule has 0 bridgehead atoms. The molecule has 3 heteroatoms. The predicted octanol–water partition coefficient (Wildman–Crippen LogP) is 10.9. The molecule has 0 aromatic carbocycles. The summed E-state index contributed by atoms with van der Waals surface area (Å²) >= 11 is -3.33. The molecule has 0 radical (unpaired) electrons. The Morgan fingerprint density at radius 1 is 0.259 bits per heavy atom. The number of rotatable bonds is 8. The second-order valence-electron chi connectivity index (χ2n) is 11.2. The molecular formula is C24H56Ti3. The van der Waals surface area contributed by atoms with Crippen LogP contribution in [0.1, 0.15) is 111 Å². The fraction of sp³-hybridized carbons (Fsp3) is 1.00. The van der Waals surface area contributed by atoms with E-state index in [2.05, 4.69) is 111 Å². The molecule has 0 aromatic rings. The summed E-state index contributed by atoms with van der Waals surface area (Å²) in [6, 6.07) is 0. The second-order valence-corrected chi connectivity index (χ2v) is 31.9. The van der Waals surface area contributed by atoms with Gasteiger partial charge < -0.3 is 0 Å². The monoisotopic (exact) mass is 488 g/mol. The van der Waals surface area contributed by atoms with E-state index in [-0.39, 0.29) is 21.7 Å². The van der Waals surface area contributed by atoms with Crippen molar-refractivity contribution in [3.63, 3.8) is 0 Å². The maximum absolute atomic E-state index is 2.46. The summed E-state index contributed by atoms with van der Waals surface area (Å²) in [5.74, 6) is 0. The molecule has 0 aliphatic rings. The van der Waals surface area contributed by atoms with Crippen molar-refractivity contribution in [3.8, 4) is 0 Å². The molecule has 0 saturated heterocycles. The van der Waals surface area contributed by atoms with Crippen LogP contribution in [0, 0.1) is 0 Å². The average molecular weight is 488 g/mol. The first-order chi connectivity index (χ1) is 11.5. The van der Waals surface area contributed by atoms with Gasteiger partial charge in [0.15, 0.2) is 0 Å². The summed E-state index contributed by atoms with van der Waals surface area (Å²) in [4.78, 5) is 0. The van der Waals surface area contributed by atoms with Crippen LogP contribution in [-0.2, 0) is 54.9 Å². The van der Waals surface area contributed by atoms with Crippen molar-refractivity contribution < 1.29 is 54.9 Å². The maximum Gasteiger partial charge on any atom is 4.00 e. The van der Waals surface area contributed by atoms with Gasteiger partial charge in [-0.2, -0.15) is 0 Å². The van der Waals surface area contributed by atoms with Crippen LogP contribution >= 0.6 is 0 Å². The molecule has 0 unspecified atom stereocenters. The quantitative estimate of drug-likeness (QED) is 0.298. The van der Waals surface area contributed by atoms with Crippen molar-refractivity contribution in [1.29, 1.82) is 0 Å². The number of hydrogen-bond acceptors (Lipinski definition) is 0. The van der Waals surface area contributed by atoms with Crippen LogP contribution in [0.15, 0.2) is 0 Å². The summed E-state index contributed by atoms with van der Waals surface area (Å²) in [6.07, 6.45) is 0. The zero-order chi connectivity index (χ0) is 21.6. The van der Waals surface area contributed by atoms with E-state index in [0.29, 0.717) is 0 Å². The van der Waals surface area contributed by atoms with Crippen LogP contribution in [0.25, 0.3) is 0 Å². The first kappa shape index (κ1) is 33.8. The van der Waals surface area contributed by atoms with Gasteiger partial charge in [-0.05, 0) is 0 Å². The molecule has 0 amide bonds. The molecule has 0 fully saturated rings. The van der Waals surface area contributed by atoms with Gasteiger partial charge >= 0.3 is 199 Å². The fourth-order valence-corrected chi connectivity index (χ4v) is 33.0. The molecule has 0 heterocycles. The van der Waals surface area contributed by atoms with E-state index in [1.165, 1.54) is 0 Å². The molecule has 0 atom stereocenters. The van der Waals surface area contributed by atoms with E-state index in [9.17, 15) is 0 Å². The number of hydrogen-bond donors (Lipinski definition) is 0. The second kappa shape index (κ2) is 14.3. The van der Waals surface area contributed by atoms with E-state index in [1.54, 1.807) is 0 Å². The Bertz CT molecular complexity index is 255. The van der Waals surface area contributed by atoms with Crippen LogP contribution in [0.4, 0.5) is 0 Å². The van der Waals surface area contributed by atoms with Crippen molar-refractivity contribution in [2.24, 2.45) is 0 Å². The van der Waals surface area contributed by atoms with Crippen LogP contribution in [0.3, 0.4) is 0 Å². The van der Waals surface area contributed by atoms with Gasteiger partial charge in [-0.1, -0.05) is 0 Å². The molecular weight excluding hydrogens is 432 g/mol. The molecule has 0 nitrogen and oxygen atoms in total. The molecule has 0 rings (SSSR count). The third kappa shape index (κ3) is 7.65. The SMILES string of the molecule is C[CH](C)[Ti-2]([CH](C)C)([CH](C)C)[CH](C)C.C[CH](C)[Ti-2]([CH](C)C)([CH](C)C)[CH](C)C.[Ti+4]. The minimum absolute atomic E-state index is 0.